The molecule has 1 heterocycles. The number of benzene rings is 2. The lowest BCUT2D eigenvalue weighted by Gasteiger charge is -2.29. The minimum absolute atomic E-state index is 0.0707. The summed E-state index contributed by atoms with van der Waals surface area (Å²) in [6.45, 7) is 3.01. The number of methoxy groups -OCH3 is 1. The Kier molecular flexibility index (Phi) is 4.76. The average molecular weight is 328 g/mol. The molecule has 0 saturated carbocycles. The second kappa shape index (κ2) is 6.96. The highest BCUT2D eigenvalue weighted by Gasteiger charge is 2.22. The van der Waals surface area contributed by atoms with Crippen molar-refractivity contribution in [2.75, 3.05) is 36.2 Å². The molecule has 23 heavy (non-hydrogen) atoms. The summed E-state index contributed by atoms with van der Waals surface area (Å²) >= 11 is 1.80. The lowest BCUT2D eigenvalue weighted by atomic mass is 10.2. The Hall–Kier alpha value is -2.14. The van der Waals surface area contributed by atoms with Crippen molar-refractivity contribution in [1.82, 2.24) is 0 Å². The zero-order valence-corrected chi connectivity index (χ0v) is 14.2. The summed E-state index contributed by atoms with van der Waals surface area (Å²) < 4.78 is 5.34. The number of nitrogens with one attached hydrogen (secondary N) is 1. The summed E-state index contributed by atoms with van der Waals surface area (Å²) in [7, 11) is 1.63. The Balaban J connectivity index is 1.73. The number of fused-ring (bicyclic) bond motifs is 1. The minimum Gasteiger partial charge on any atom is -0.495 e. The van der Waals surface area contributed by atoms with E-state index in [-0.39, 0.29) is 12.5 Å². The predicted octanol–water partition coefficient (Wildman–Crippen LogP) is 3.55. The molecule has 5 heteroatoms. The maximum atomic E-state index is 12.6. The van der Waals surface area contributed by atoms with Gasteiger partial charge in [-0.2, -0.15) is 0 Å². The quantitative estimate of drug-likeness (QED) is 0.932. The molecular weight excluding hydrogens is 308 g/mol. The van der Waals surface area contributed by atoms with E-state index in [1.807, 2.05) is 48.2 Å². The Morgan fingerprint density at radius 1 is 1.30 bits per heavy atom. The summed E-state index contributed by atoms with van der Waals surface area (Å²) in [6, 6.07) is 14.0. The summed E-state index contributed by atoms with van der Waals surface area (Å²) in [5.74, 6) is 1.75. The predicted molar refractivity (Wildman–Crippen MR) is 95.7 cm³/mol. The van der Waals surface area contributed by atoms with Gasteiger partial charge in [0.25, 0.3) is 0 Å². The van der Waals surface area contributed by atoms with E-state index in [1.165, 1.54) is 4.90 Å². The number of anilines is 2. The summed E-state index contributed by atoms with van der Waals surface area (Å²) in [4.78, 5) is 15.7. The number of hydrogen-bond acceptors (Lipinski definition) is 4. The van der Waals surface area contributed by atoms with Crippen molar-refractivity contribution in [3.05, 3.63) is 48.0 Å². The highest BCUT2D eigenvalue weighted by Crippen LogP contribution is 2.34. The van der Waals surface area contributed by atoms with E-state index in [9.17, 15) is 4.79 Å². The normalized spacial score (nSPS) is 13.4. The molecule has 2 aromatic rings. The molecule has 0 bridgehead atoms. The lowest BCUT2D eigenvalue weighted by Crippen LogP contribution is -2.39. The fourth-order valence-electron chi connectivity index (χ4n) is 2.65. The van der Waals surface area contributed by atoms with Gasteiger partial charge in [0.15, 0.2) is 0 Å². The Labute approximate surface area is 140 Å². The van der Waals surface area contributed by atoms with E-state index in [2.05, 4.69) is 11.4 Å². The van der Waals surface area contributed by atoms with Gasteiger partial charge in [-0.3, -0.25) is 4.79 Å². The van der Waals surface area contributed by atoms with Crippen LogP contribution in [0.25, 0.3) is 0 Å². The van der Waals surface area contributed by atoms with Gasteiger partial charge in [-0.05, 0) is 36.8 Å². The van der Waals surface area contributed by atoms with Gasteiger partial charge >= 0.3 is 0 Å². The fraction of sp³-hybridized carbons (Fsp3) is 0.278. The summed E-state index contributed by atoms with van der Waals surface area (Å²) in [5, 5.41) is 3.21. The van der Waals surface area contributed by atoms with Gasteiger partial charge in [-0.15, -0.1) is 11.8 Å². The largest absolute Gasteiger partial charge is 0.495 e. The third kappa shape index (κ3) is 3.45. The number of thioether (sulfide) groups is 1. The van der Waals surface area contributed by atoms with E-state index < -0.39 is 0 Å². The van der Waals surface area contributed by atoms with Crippen LogP contribution in [0.15, 0.2) is 47.4 Å². The van der Waals surface area contributed by atoms with Crippen LogP contribution in [-0.2, 0) is 4.79 Å². The van der Waals surface area contributed by atoms with Crippen LogP contribution in [0.2, 0.25) is 0 Å². The Bertz CT molecular complexity index is 718. The Morgan fingerprint density at radius 3 is 2.96 bits per heavy atom. The van der Waals surface area contributed by atoms with Crippen molar-refractivity contribution in [1.29, 1.82) is 0 Å². The number of carbonyl (C=O) groups is 1. The number of rotatable bonds is 4. The van der Waals surface area contributed by atoms with Crippen LogP contribution in [0.4, 0.5) is 11.4 Å². The topological polar surface area (TPSA) is 41.6 Å². The molecule has 0 unspecified atom stereocenters. The number of ether oxygens (including phenoxy) is 1. The molecule has 1 N–H and O–H groups in total. The van der Waals surface area contributed by atoms with Crippen LogP contribution in [0.1, 0.15) is 5.56 Å². The standard InChI is InChI=1S/C18H20N2O2S/c1-13-7-8-16(22-2)14(11-13)19-12-18(21)20-9-10-23-17-6-4-3-5-15(17)20/h3-8,11,19H,9-10,12H2,1-2H3. The molecule has 4 nitrogen and oxygen atoms in total. The van der Waals surface area contributed by atoms with Crippen LogP contribution in [0.5, 0.6) is 5.75 Å². The van der Waals surface area contributed by atoms with Gasteiger partial charge in [-0.1, -0.05) is 18.2 Å². The van der Waals surface area contributed by atoms with E-state index in [0.29, 0.717) is 0 Å². The van der Waals surface area contributed by atoms with Crippen molar-refractivity contribution in [3.8, 4) is 5.75 Å². The van der Waals surface area contributed by atoms with Gasteiger partial charge in [0.1, 0.15) is 5.75 Å². The van der Waals surface area contributed by atoms with Crippen molar-refractivity contribution in [2.24, 2.45) is 0 Å². The summed E-state index contributed by atoms with van der Waals surface area (Å²) in [6.07, 6.45) is 0. The van der Waals surface area contributed by atoms with Crippen LogP contribution in [-0.4, -0.2) is 31.9 Å². The first-order valence-corrected chi connectivity index (χ1v) is 8.58. The molecule has 0 radical (unpaired) electrons. The number of carbonyl (C=O) groups excluding carboxylic acids is 1. The third-order valence-electron chi connectivity index (χ3n) is 3.81. The maximum absolute atomic E-state index is 12.6. The van der Waals surface area contributed by atoms with Crippen LogP contribution in [0.3, 0.4) is 0 Å². The van der Waals surface area contributed by atoms with E-state index in [0.717, 1.165) is 35.0 Å². The Morgan fingerprint density at radius 2 is 2.13 bits per heavy atom. The van der Waals surface area contributed by atoms with Gasteiger partial charge in [0.05, 0.1) is 25.0 Å². The second-order valence-corrected chi connectivity index (χ2v) is 6.56. The number of hydrogen-bond donors (Lipinski definition) is 1. The number of para-hydroxylation sites is 1. The van der Waals surface area contributed by atoms with Crippen molar-refractivity contribution in [2.45, 2.75) is 11.8 Å². The highest BCUT2D eigenvalue weighted by molar-refractivity contribution is 7.99. The molecule has 3 rings (SSSR count). The van der Waals surface area contributed by atoms with Crippen molar-refractivity contribution < 1.29 is 9.53 Å². The molecule has 0 atom stereocenters. The zero-order valence-electron chi connectivity index (χ0n) is 13.3. The van der Waals surface area contributed by atoms with Gasteiger partial charge in [-0.25, -0.2) is 0 Å². The van der Waals surface area contributed by atoms with E-state index in [4.69, 9.17) is 4.74 Å². The van der Waals surface area contributed by atoms with Gasteiger partial charge in [0.2, 0.25) is 5.91 Å². The molecule has 0 spiro atoms. The molecule has 0 fully saturated rings. The molecule has 0 aliphatic carbocycles. The molecule has 1 aliphatic heterocycles. The van der Waals surface area contributed by atoms with E-state index >= 15 is 0 Å². The molecule has 1 aliphatic rings. The molecular formula is C18H20N2O2S. The van der Waals surface area contributed by atoms with Crippen LogP contribution >= 0.6 is 11.8 Å². The van der Waals surface area contributed by atoms with Gasteiger partial charge < -0.3 is 15.0 Å². The number of nitrogens with zero attached hydrogens (tertiary/aromatic N) is 1. The molecule has 1 amide bonds. The highest BCUT2D eigenvalue weighted by atomic mass is 32.2. The molecule has 120 valence electrons. The van der Waals surface area contributed by atoms with Crippen molar-refractivity contribution in [3.63, 3.8) is 0 Å². The van der Waals surface area contributed by atoms with Crippen LogP contribution in [0, 0.1) is 6.92 Å². The smallest absolute Gasteiger partial charge is 0.246 e. The van der Waals surface area contributed by atoms with E-state index in [1.54, 1.807) is 18.9 Å². The fourth-order valence-corrected chi connectivity index (χ4v) is 3.65. The maximum Gasteiger partial charge on any atom is 0.246 e. The first-order valence-electron chi connectivity index (χ1n) is 7.60. The molecule has 0 saturated heterocycles. The van der Waals surface area contributed by atoms with Gasteiger partial charge in [0, 0.05) is 17.2 Å². The van der Waals surface area contributed by atoms with Crippen molar-refractivity contribution >= 4 is 29.0 Å². The lowest BCUT2D eigenvalue weighted by molar-refractivity contribution is -0.117. The monoisotopic (exact) mass is 328 g/mol. The molecule has 0 aromatic heterocycles. The number of aryl methyl sites for hydroxylation is 1. The number of amides is 1. The summed E-state index contributed by atoms with van der Waals surface area (Å²) in [5.41, 5.74) is 2.98. The zero-order chi connectivity index (χ0) is 16.2. The third-order valence-corrected chi connectivity index (χ3v) is 4.86. The average Bonchev–Trinajstić information content (AvgIpc) is 2.59. The van der Waals surface area contributed by atoms with Crippen LogP contribution < -0.4 is 15.0 Å². The molecule has 2 aromatic carbocycles. The SMILES string of the molecule is COc1ccc(C)cc1NCC(=O)N1CCSc2ccccc21. The first-order chi connectivity index (χ1) is 11.2. The minimum atomic E-state index is 0.0707. The second-order valence-electron chi connectivity index (χ2n) is 5.42. The first kappa shape index (κ1) is 15.7.